The highest BCUT2D eigenvalue weighted by atomic mass is 19.1. The number of aromatic nitrogens is 2. The van der Waals surface area contributed by atoms with Gasteiger partial charge in [-0.05, 0) is 71.9 Å². The molecule has 2 aromatic carbocycles. The van der Waals surface area contributed by atoms with Gasteiger partial charge in [0, 0.05) is 31.9 Å². The molecule has 1 amide bonds. The maximum atomic E-state index is 15.2. The fourth-order valence-corrected chi connectivity index (χ4v) is 4.05. The number of hydrogen-bond acceptors (Lipinski definition) is 6. The Hall–Kier alpha value is -3.62. The van der Waals surface area contributed by atoms with Gasteiger partial charge in [0.05, 0.1) is 16.6 Å². The number of carbonyl (C=O) groups is 2. The van der Waals surface area contributed by atoms with Crippen molar-refractivity contribution in [3.8, 4) is 11.4 Å². The average Bonchev–Trinajstić information content (AvgIpc) is 3.17. The zero-order valence-corrected chi connectivity index (χ0v) is 21.7. The average molecular weight is 497 g/mol. The Morgan fingerprint density at radius 3 is 2.11 bits per heavy atom. The Morgan fingerprint density at radius 2 is 1.47 bits per heavy atom. The van der Waals surface area contributed by atoms with Gasteiger partial charge in [-0.25, -0.2) is 23.5 Å². The standard InChI is InChI=1S/C27H33FN4O4/c1-26(2,3)35-24(33)31-15-13-30(14-16-31)18-11-12-20(28)19(17-18)23-29-21-9-7-8-10-22(21)32(23)25(34)36-27(4,5)6/h7-12,17H,13-16H2,1-6H3. The summed E-state index contributed by atoms with van der Waals surface area (Å²) in [5, 5.41) is 0. The third-order valence-electron chi connectivity index (χ3n) is 5.62. The van der Waals surface area contributed by atoms with E-state index in [9.17, 15) is 9.59 Å². The number of anilines is 1. The Labute approximate surface area is 210 Å². The molecule has 0 aliphatic carbocycles. The molecule has 8 nitrogen and oxygen atoms in total. The molecule has 3 aromatic rings. The van der Waals surface area contributed by atoms with Crippen LogP contribution in [0.1, 0.15) is 41.5 Å². The van der Waals surface area contributed by atoms with E-state index in [0.29, 0.717) is 37.2 Å². The second-order valence-corrected chi connectivity index (χ2v) is 10.9. The molecule has 192 valence electrons. The molecule has 0 atom stereocenters. The summed E-state index contributed by atoms with van der Waals surface area (Å²) in [7, 11) is 0. The van der Waals surface area contributed by atoms with Gasteiger partial charge in [-0.3, -0.25) is 0 Å². The molecule has 0 saturated carbocycles. The van der Waals surface area contributed by atoms with E-state index in [-0.39, 0.29) is 17.5 Å². The zero-order chi connectivity index (χ0) is 26.3. The van der Waals surface area contributed by atoms with Gasteiger partial charge >= 0.3 is 12.2 Å². The molecular weight excluding hydrogens is 463 g/mol. The lowest BCUT2D eigenvalue weighted by atomic mass is 10.1. The number of para-hydroxylation sites is 2. The van der Waals surface area contributed by atoms with E-state index in [2.05, 4.69) is 9.88 Å². The fourth-order valence-electron chi connectivity index (χ4n) is 4.05. The van der Waals surface area contributed by atoms with E-state index >= 15 is 4.39 Å². The first-order valence-corrected chi connectivity index (χ1v) is 12.1. The normalized spacial score (nSPS) is 14.8. The number of nitrogens with zero attached hydrogens (tertiary/aromatic N) is 4. The molecule has 1 aliphatic rings. The number of benzene rings is 2. The minimum atomic E-state index is -0.728. The minimum absolute atomic E-state index is 0.178. The van der Waals surface area contributed by atoms with Crippen LogP contribution >= 0.6 is 0 Å². The fraction of sp³-hybridized carbons (Fsp3) is 0.444. The Kier molecular flexibility index (Phi) is 6.68. The molecule has 9 heteroatoms. The van der Waals surface area contributed by atoms with Crippen LogP contribution in [0.15, 0.2) is 42.5 Å². The van der Waals surface area contributed by atoms with Crippen molar-refractivity contribution < 1.29 is 23.5 Å². The van der Waals surface area contributed by atoms with Crippen LogP contribution in [0.2, 0.25) is 0 Å². The maximum absolute atomic E-state index is 15.2. The highest BCUT2D eigenvalue weighted by molar-refractivity contribution is 5.92. The van der Waals surface area contributed by atoms with E-state index in [1.807, 2.05) is 26.8 Å². The van der Waals surface area contributed by atoms with Crippen LogP contribution in [-0.4, -0.2) is 64.0 Å². The van der Waals surface area contributed by atoms with Crippen LogP contribution in [0.3, 0.4) is 0 Å². The number of rotatable bonds is 2. The van der Waals surface area contributed by atoms with Gasteiger partial charge < -0.3 is 19.3 Å². The van der Waals surface area contributed by atoms with Crippen molar-refractivity contribution in [1.82, 2.24) is 14.5 Å². The van der Waals surface area contributed by atoms with Crippen LogP contribution in [0, 0.1) is 5.82 Å². The highest BCUT2D eigenvalue weighted by Crippen LogP contribution is 2.31. The molecule has 1 aliphatic heterocycles. The molecule has 0 N–H and O–H groups in total. The van der Waals surface area contributed by atoms with E-state index in [1.165, 1.54) is 10.6 Å². The third kappa shape index (κ3) is 5.61. The number of halogens is 1. The molecule has 36 heavy (non-hydrogen) atoms. The summed E-state index contributed by atoms with van der Waals surface area (Å²) >= 11 is 0. The van der Waals surface area contributed by atoms with Gasteiger partial charge in [0.1, 0.15) is 17.0 Å². The van der Waals surface area contributed by atoms with Gasteiger partial charge in [0.2, 0.25) is 0 Å². The first-order chi connectivity index (χ1) is 16.8. The molecule has 0 unspecified atom stereocenters. The quantitative estimate of drug-likeness (QED) is 0.454. The first kappa shape index (κ1) is 25.5. The highest BCUT2D eigenvalue weighted by Gasteiger charge is 2.28. The summed E-state index contributed by atoms with van der Waals surface area (Å²) in [5.74, 6) is -0.316. The predicted octanol–water partition coefficient (Wildman–Crippen LogP) is 5.68. The molecule has 1 saturated heterocycles. The summed E-state index contributed by atoms with van der Waals surface area (Å²) in [6.45, 7) is 12.9. The van der Waals surface area contributed by atoms with Gasteiger partial charge in [0.25, 0.3) is 0 Å². The third-order valence-corrected chi connectivity index (χ3v) is 5.62. The van der Waals surface area contributed by atoms with E-state index in [0.717, 1.165) is 5.69 Å². The van der Waals surface area contributed by atoms with Gasteiger partial charge in [-0.2, -0.15) is 0 Å². The predicted molar refractivity (Wildman–Crippen MR) is 137 cm³/mol. The number of amides is 1. The van der Waals surface area contributed by atoms with E-state index in [1.54, 1.807) is 56.0 Å². The number of imidazole rings is 1. The molecule has 1 fully saturated rings. The Balaban J connectivity index is 1.64. The lowest BCUT2D eigenvalue weighted by molar-refractivity contribution is 0.0240. The lowest BCUT2D eigenvalue weighted by Crippen LogP contribution is -2.50. The number of fused-ring (bicyclic) bond motifs is 1. The maximum Gasteiger partial charge on any atom is 0.420 e. The van der Waals surface area contributed by atoms with Crippen molar-refractivity contribution in [1.29, 1.82) is 0 Å². The summed E-state index contributed by atoms with van der Waals surface area (Å²) in [4.78, 5) is 33.9. The van der Waals surface area contributed by atoms with Crippen LogP contribution in [0.5, 0.6) is 0 Å². The zero-order valence-electron chi connectivity index (χ0n) is 21.7. The minimum Gasteiger partial charge on any atom is -0.444 e. The smallest absolute Gasteiger partial charge is 0.420 e. The molecule has 1 aromatic heterocycles. The van der Waals surface area contributed by atoms with Gasteiger partial charge in [0.15, 0.2) is 5.82 Å². The molecule has 2 heterocycles. The van der Waals surface area contributed by atoms with Crippen LogP contribution in [0.25, 0.3) is 22.4 Å². The van der Waals surface area contributed by atoms with Crippen molar-refractivity contribution in [2.45, 2.75) is 52.7 Å². The lowest BCUT2D eigenvalue weighted by Gasteiger charge is -2.36. The summed E-state index contributed by atoms with van der Waals surface area (Å²) in [5.41, 5.74) is 0.793. The summed E-state index contributed by atoms with van der Waals surface area (Å²) in [6.07, 6.45) is -0.963. The SMILES string of the molecule is CC(C)(C)OC(=O)N1CCN(c2ccc(F)c(-c3nc4ccccc4n3C(=O)OC(C)(C)C)c2)CC1. The van der Waals surface area contributed by atoms with E-state index in [4.69, 9.17) is 9.47 Å². The number of hydrogen-bond donors (Lipinski definition) is 0. The Morgan fingerprint density at radius 1 is 0.861 bits per heavy atom. The van der Waals surface area contributed by atoms with Crippen LogP contribution in [0.4, 0.5) is 19.7 Å². The Bertz CT molecular complexity index is 1280. The molecule has 4 rings (SSSR count). The topological polar surface area (TPSA) is 76.9 Å². The number of piperazine rings is 1. The number of carbonyl (C=O) groups excluding carboxylic acids is 2. The number of ether oxygens (including phenoxy) is 2. The monoisotopic (exact) mass is 496 g/mol. The van der Waals surface area contributed by atoms with Gasteiger partial charge in [-0.15, -0.1) is 0 Å². The summed E-state index contributed by atoms with van der Waals surface area (Å²) in [6, 6.07) is 11.9. The second-order valence-electron chi connectivity index (χ2n) is 10.9. The second kappa shape index (κ2) is 9.44. The van der Waals surface area contributed by atoms with Crippen molar-refractivity contribution in [3.05, 3.63) is 48.3 Å². The first-order valence-electron chi connectivity index (χ1n) is 12.1. The molecular formula is C27H33FN4O4. The van der Waals surface area contributed by atoms with Crippen molar-refractivity contribution in [3.63, 3.8) is 0 Å². The molecule has 0 spiro atoms. The van der Waals surface area contributed by atoms with Gasteiger partial charge in [-0.1, -0.05) is 12.1 Å². The van der Waals surface area contributed by atoms with Crippen molar-refractivity contribution >= 4 is 28.9 Å². The molecule has 0 radical (unpaired) electrons. The molecule has 0 bridgehead atoms. The van der Waals surface area contributed by atoms with Crippen molar-refractivity contribution in [2.75, 3.05) is 31.1 Å². The van der Waals surface area contributed by atoms with Crippen molar-refractivity contribution in [2.24, 2.45) is 0 Å². The largest absolute Gasteiger partial charge is 0.444 e. The van der Waals surface area contributed by atoms with E-state index < -0.39 is 23.1 Å². The van der Waals surface area contributed by atoms with Crippen LogP contribution in [-0.2, 0) is 9.47 Å². The summed E-state index contributed by atoms with van der Waals surface area (Å²) < 4.78 is 27.6. The van der Waals surface area contributed by atoms with Crippen LogP contribution < -0.4 is 4.90 Å².